The number of rotatable bonds is 8. The van der Waals surface area contributed by atoms with Crippen molar-refractivity contribution in [1.82, 2.24) is 0 Å². The van der Waals surface area contributed by atoms with Gasteiger partial charge in [0.15, 0.2) is 0 Å². The zero-order valence-electron chi connectivity index (χ0n) is 10.8. The first-order chi connectivity index (χ1) is 8.25. The number of unbranched alkanes of at least 4 members (excludes halogenated alkanes) is 3. The highest BCUT2D eigenvalue weighted by Crippen LogP contribution is 2.25. The van der Waals surface area contributed by atoms with Gasteiger partial charge in [-0.1, -0.05) is 56.2 Å². The summed E-state index contributed by atoms with van der Waals surface area (Å²) in [5, 5.41) is 10.2. The Morgan fingerprint density at radius 2 is 1.88 bits per heavy atom. The van der Waals surface area contributed by atoms with Gasteiger partial charge in [0.25, 0.3) is 0 Å². The summed E-state index contributed by atoms with van der Waals surface area (Å²) in [5.41, 5.74) is 1.03. The summed E-state index contributed by atoms with van der Waals surface area (Å²) in [5.74, 6) is 0.334. The fourth-order valence-electron chi connectivity index (χ4n) is 2.07. The van der Waals surface area contributed by atoms with E-state index in [0.29, 0.717) is 5.92 Å². The van der Waals surface area contributed by atoms with Crippen molar-refractivity contribution in [2.45, 2.75) is 45.1 Å². The van der Waals surface area contributed by atoms with Crippen LogP contribution >= 0.6 is 0 Å². The van der Waals surface area contributed by atoms with Crippen molar-refractivity contribution in [3.05, 3.63) is 48.6 Å². The highest BCUT2D eigenvalue weighted by Gasteiger charge is 2.15. The van der Waals surface area contributed by atoms with E-state index >= 15 is 0 Å². The molecule has 1 aromatic carbocycles. The average molecular weight is 232 g/mol. The number of benzene rings is 1. The topological polar surface area (TPSA) is 20.2 Å². The van der Waals surface area contributed by atoms with E-state index in [9.17, 15) is 5.11 Å². The summed E-state index contributed by atoms with van der Waals surface area (Å²) < 4.78 is 0. The van der Waals surface area contributed by atoms with E-state index in [4.69, 9.17) is 0 Å². The minimum absolute atomic E-state index is 0.324. The Hall–Kier alpha value is -1.08. The van der Waals surface area contributed by atoms with Crippen LogP contribution in [0.3, 0.4) is 0 Å². The molecule has 1 rings (SSSR count). The molecule has 1 N–H and O–H groups in total. The van der Waals surface area contributed by atoms with Gasteiger partial charge < -0.3 is 5.11 Å². The first kappa shape index (κ1) is 14.0. The Morgan fingerprint density at radius 1 is 1.18 bits per heavy atom. The van der Waals surface area contributed by atoms with Crippen molar-refractivity contribution in [3.8, 4) is 0 Å². The lowest BCUT2D eigenvalue weighted by Gasteiger charge is -2.19. The van der Waals surface area contributed by atoms with Gasteiger partial charge in [0, 0.05) is 0 Å². The summed E-state index contributed by atoms with van der Waals surface area (Å²) in [6.07, 6.45) is 7.50. The number of hydrogen-bond acceptors (Lipinski definition) is 1. The molecule has 17 heavy (non-hydrogen) atoms. The molecule has 0 bridgehead atoms. The van der Waals surface area contributed by atoms with Crippen LogP contribution in [-0.4, -0.2) is 5.11 Å². The minimum atomic E-state index is -0.324. The molecular formula is C16H24O. The molecule has 1 nitrogen and oxygen atoms in total. The van der Waals surface area contributed by atoms with Gasteiger partial charge in [0.2, 0.25) is 0 Å². The van der Waals surface area contributed by atoms with Crippen LogP contribution in [0.4, 0.5) is 0 Å². The molecule has 0 saturated carbocycles. The van der Waals surface area contributed by atoms with E-state index in [-0.39, 0.29) is 6.10 Å². The second-order valence-corrected chi connectivity index (χ2v) is 4.76. The first-order valence-electron chi connectivity index (χ1n) is 6.59. The Morgan fingerprint density at radius 3 is 2.53 bits per heavy atom. The van der Waals surface area contributed by atoms with Gasteiger partial charge in [-0.25, -0.2) is 0 Å². The lowest BCUT2D eigenvalue weighted by Crippen LogP contribution is -2.09. The van der Waals surface area contributed by atoms with Gasteiger partial charge in [-0.05, 0) is 30.7 Å². The van der Waals surface area contributed by atoms with Gasteiger partial charge in [0.1, 0.15) is 0 Å². The van der Waals surface area contributed by atoms with Crippen LogP contribution in [0.2, 0.25) is 0 Å². The number of aliphatic hydroxyl groups is 1. The maximum atomic E-state index is 10.2. The van der Waals surface area contributed by atoms with Crippen molar-refractivity contribution in [1.29, 1.82) is 0 Å². The zero-order chi connectivity index (χ0) is 12.5. The van der Waals surface area contributed by atoms with Crippen LogP contribution in [0.15, 0.2) is 43.0 Å². The summed E-state index contributed by atoms with van der Waals surface area (Å²) in [7, 11) is 0. The molecule has 2 atom stereocenters. The van der Waals surface area contributed by atoms with Crippen molar-refractivity contribution in [3.63, 3.8) is 0 Å². The molecule has 0 aliphatic carbocycles. The molecule has 1 heteroatoms. The summed E-state index contributed by atoms with van der Waals surface area (Å²) in [6.45, 7) is 5.85. The Labute approximate surface area is 105 Å². The van der Waals surface area contributed by atoms with Crippen LogP contribution in [0.25, 0.3) is 0 Å². The molecule has 0 heterocycles. The van der Waals surface area contributed by atoms with Crippen LogP contribution in [0, 0.1) is 5.92 Å². The van der Waals surface area contributed by atoms with Crippen molar-refractivity contribution in [2.24, 2.45) is 5.92 Å². The standard InChI is InChI=1S/C16H24O/c1-3-4-5-6-8-11-14(2)16(17)15-12-9-7-10-13-15/h3,7,9-10,12-14,16-17H,1,4-6,8,11H2,2H3. The molecule has 0 saturated heterocycles. The predicted molar refractivity (Wildman–Crippen MR) is 73.8 cm³/mol. The van der Waals surface area contributed by atoms with Crippen LogP contribution in [-0.2, 0) is 0 Å². The molecule has 0 aromatic heterocycles. The predicted octanol–water partition coefficient (Wildman–Crippen LogP) is 4.49. The second-order valence-electron chi connectivity index (χ2n) is 4.76. The lowest BCUT2D eigenvalue weighted by atomic mass is 9.92. The maximum absolute atomic E-state index is 10.2. The molecule has 2 unspecified atom stereocenters. The van der Waals surface area contributed by atoms with Crippen LogP contribution < -0.4 is 0 Å². The molecule has 1 aromatic rings. The Balaban J connectivity index is 2.27. The number of allylic oxidation sites excluding steroid dienone is 1. The van der Waals surface area contributed by atoms with Gasteiger partial charge in [-0.2, -0.15) is 0 Å². The van der Waals surface area contributed by atoms with E-state index in [1.807, 2.05) is 36.4 Å². The van der Waals surface area contributed by atoms with E-state index < -0.39 is 0 Å². The second kappa shape index (κ2) is 8.08. The van der Waals surface area contributed by atoms with Crippen LogP contribution in [0.1, 0.15) is 50.7 Å². The Kier molecular flexibility index (Phi) is 6.64. The van der Waals surface area contributed by atoms with E-state index in [0.717, 1.165) is 18.4 Å². The molecule has 0 radical (unpaired) electrons. The fourth-order valence-corrected chi connectivity index (χ4v) is 2.07. The Bertz CT molecular complexity index is 305. The maximum Gasteiger partial charge on any atom is 0.0815 e. The fraction of sp³-hybridized carbons (Fsp3) is 0.500. The molecule has 0 aliphatic heterocycles. The monoisotopic (exact) mass is 232 g/mol. The van der Waals surface area contributed by atoms with Gasteiger partial charge in [0.05, 0.1) is 6.10 Å². The van der Waals surface area contributed by atoms with Gasteiger partial charge in [-0.3, -0.25) is 0 Å². The number of hydrogen-bond donors (Lipinski definition) is 1. The van der Waals surface area contributed by atoms with Crippen molar-refractivity contribution in [2.75, 3.05) is 0 Å². The minimum Gasteiger partial charge on any atom is -0.388 e. The van der Waals surface area contributed by atoms with Crippen molar-refractivity contribution >= 4 is 0 Å². The summed E-state index contributed by atoms with van der Waals surface area (Å²) >= 11 is 0. The zero-order valence-corrected chi connectivity index (χ0v) is 10.8. The highest BCUT2D eigenvalue weighted by molar-refractivity contribution is 5.17. The normalized spacial score (nSPS) is 14.2. The molecule has 94 valence electrons. The third kappa shape index (κ3) is 5.18. The largest absolute Gasteiger partial charge is 0.388 e. The van der Waals surface area contributed by atoms with Gasteiger partial charge in [-0.15, -0.1) is 6.58 Å². The quantitative estimate of drug-likeness (QED) is 0.517. The highest BCUT2D eigenvalue weighted by atomic mass is 16.3. The smallest absolute Gasteiger partial charge is 0.0815 e. The lowest BCUT2D eigenvalue weighted by molar-refractivity contribution is 0.111. The van der Waals surface area contributed by atoms with E-state index in [2.05, 4.69) is 13.5 Å². The first-order valence-corrected chi connectivity index (χ1v) is 6.59. The molecular weight excluding hydrogens is 208 g/mol. The summed E-state index contributed by atoms with van der Waals surface area (Å²) in [4.78, 5) is 0. The van der Waals surface area contributed by atoms with E-state index in [1.165, 1.54) is 19.3 Å². The third-order valence-electron chi connectivity index (χ3n) is 3.25. The molecule has 0 aliphatic rings. The third-order valence-corrected chi connectivity index (χ3v) is 3.25. The van der Waals surface area contributed by atoms with Crippen LogP contribution in [0.5, 0.6) is 0 Å². The molecule has 0 spiro atoms. The SMILES string of the molecule is C=CCCCCCC(C)C(O)c1ccccc1. The average Bonchev–Trinajstić information content (AvgIpc) is 2.38. The van der Waals surface area contributed by atoms with Gasteiger partial charge >= 0.3 is 0 Å². The summed E-state index contributed by atoms with van der Waals surface area (Å²) in [6, 6.07) is 9.94. The molecule has 0 fully saturated rings. The molecule has 0 amide bonds. The number of aliphatic hydroxyl groups excluding tert-OH is 1. The van der Waals surface area contributed by atoms with Crippen molar-refractivity contribution < 1.29 is 5.11 Å². The van der Waals surface area contributed by atoms with E-state index in [1.54, 1.807) is 0 Å².